The molecule has 0 aliphatic carbocycles. The van der Waals surface area contributed by atoms with Gasteiger partial charge in [-0.1, -0.05) is 0 Å². The molecular formula is C14H16N2O5. The SMILES string of the molecule is COC(=O)c1cnc(-c2cc(OC)c(OC)cc2OC)[nH]1. The minimum absolute atomic E-state index is 0.254. The van der Waals surface area contributed by atoms with Gasteiger partial charge in [0.2, 0.25) is 0 Å². The van der Waals surface area contributed by atoms with E-state index in [4.69, 9.17) is 14.2 Å². The Morgan fingerprint density at radius 1 is 1.00 bits per heavy atom. The van der Waals surface area contributed by atoms with Crippen LogP contribution < -0.4 is 14.2 Å². The van der Waals surface area contributed by atoms with Crippen molar-refractivity contribution in [2.75, 3.05) is 28.4 Å². The van der Waals surface area contributed by atoms with Crippen LogP contribution in [0.15, 0.2) is 18.3 Å². The van der Waals surface area contributed by atoms with Crippen molar-refractivity contribution in [3.05, 3.63) is 24.0 Å². The summed E-state index contributed by atoms with van der Waals surface area (Å²) in [4.78, 5) is 18.5. The third-order valence-electron chi connectivity index (χ3n) is 2.94. The summed E-state index contributed by atoms with van der Waals surface area (Å²) in [6.07, 6.45) is 1.40. The van der Waals surface area contributed by atoms with E-state index < -0.39 is 5.97 Å². The first-order chi connectivity index (χ1) is 10.1. The Morgan fingerprint density at radius 3 is 2.19 bits per heavy atom. The van der Waals surface area contributed by atoms with Crippen LogP contribution in [-0.2, 0) is 4.74 Å². The van der Waals surface area contributed by atoms with Gasteiger partial charge < -0.3 is 23.9 Å². The van der Waals surface area contributed by atoms with E-state index in [0.29, 0.717) is 28.6 Å². The lowest BCUT2D eigenvalue weighted by atomic mass is 10.1. The molecule has 0 saturated carbocycles. The largest absolute Gasteiger partial charge is 0.496 e. The average molecular weight is 292 g/mol. The highest BCUT2D eigenvalue weighted by molar-refractivity contribution is 5.88. The van der Waals surface area contributed by atoms with E-state index in [0.717, 1.165) is 0 Å². The van der Waals surface area contributed by atoms with Crippen LogP contribution >= 0.6 is 0 Å². The normalized spacial score (nSPS) is 10.1. The number of carbonyl (C=O) groups excluding carboxylic acids is 1. The zero-order valence-electron chi connectivity index (χ0n) is 12.2. The van der Waals surface area contributed by atoms with Gasteiger partial charge in [0, 0.05) is 6.07 Å². The summed E-state index contributed by atoms with van der Waals surface area (Å²) in [6.45, 7) is 0. The number of carbonyl (C=O) groups is 1. The third kappa shape index (κ3) is 2.76. The lowest BCUT2D eigenvalue weighted by molar-refractivity contribution is 0.0595. The van der Waals surface area contributed by atoms with Crippen molar-refractivity contribution >= 4 is 5.97 Å². The van der Waals surface area contributed by atoms with Gasteiger partial charge in [-0.2, -0.15) is 0 Å². The average Bonchev–Trinajstić information content (AvgIpc) is 3.02. The quantitative estimate of drug-likeness (QED) is 0.847. The highest BCUT2D eigenvalue weighted by Crippen LogP contribution is 2.38. The van der Waals surface area contributed by atoms with Crippen molar-refractivity contribution in [1.29, 1.82) is 0 Å². The van der Waals surface area contributed by atoms with E-state index in [1.807, 2.05) is 0 Å². The fourth-order valence-corrected chi connectivity index (χ4v) is 1.89. The van der Waals surface area contributed by atoms with Crippen molar-refractivity contribution in [2.24, 2.45) is 0 Å². The molecule has 0 aliphatic heterocycles. The number of nitrogens with zero attached hydrogens (tertiary/aromatic N) is 1. The number of methoxy groups -OCH3 is 4. The van der Waals surface area contributed by atoms with Crippen LogP contribution in [0.5, 0.6) is 17.2 Å². The fraction of sp³-hybridized carbons (Fsp3) is 0.286. The Balaban J connectivity index is 2.51. The number of aromatic amines is 1. The van der Waals surface area contributed by atoms with E-state index in [-0.39, 0.29) is 5.69 Å². The minimum Gasteiger partial charge on any atom is -0.496 e. The molecule has 1 heterocycles. The molecule has 0 atom stereocenters. The summed E-state index contributed by atoms with van der Waals surface area (Å²) >= 11 is 0. The maximum Gasteiger partial charge on any atom is 0.356 e. The van der Waals surface area contributed by atoms with E-state index in [1.165, 1.54) is 27.5 Å². The van der Waals surface area contributed by atoms with Crippen molar-refractivity contribution in [2.45, 2.75) is 0 Å². The van der Waals surface area contributed by atoms with E-state index in [2.05, 4.69) is 14.7 Å². The highest BCUT2D eigenvalue weighted by Gasteiger charge is 2.17. The molecule has 0 bridgehead atoms. The summed E-state index contributed by atoms with van der Waals surface area (Å²) in [5, 5.41) is 0. The van der Waals surface area contributed by atoms with E-state index in [9.17, 15) is 4.79 Å². The Labute approximate surface area is 121 Å². The molecule has 1 aromatic heterocycles. The molecular weight excluding hydrogens is 276 g/mol. The molecule has 0 radical (unpaired) electrons. The number of hydrogen-bond donors (Lipinski definition) is 1. The Morgan fingerprint density at radius 2 is 1.62 bits per heavy atom. The number of benzene rings is 1. The van der Waals surface area contributed by atoms with Gasteiger partial charge in [0.25, 0.3) is 0 Å². The number of ether oxygens (including phenoxy) is 4. The Kier molecular flexibility index (Phi) is 4.32. The topological polar surface area (TPSA) is 82.7 Å². The first kappa shape index (κ1) is 14.7. The van der Waals surface area contributed by atoms with Crippen LogP contribution in [0.4, 0.5) is 0 Å². The molecule has 0 spiro atoms. The molecule has 0 saturated heterocycles. The summed E-state index contributed by atoms with van der Waals surface area (Å²) in [5.74, 6) is 1.59. The number of rotatable bonds is 5. The lowest BCUT2D eigenvalue weighted by Crippen LogP contribution is -2.01. The summed E-state index contributed by atoms with van der Waals surface area (Å²) in [6, 6.07) is 3.41. The minimum atomic E-state index is -0.492. The highest BCUT2D eigenvalue weighted by atomic mass is 16.5. The molecule has 0 unspecified atom stereocenters. The number of hydrogen-bond acceptors (Lipinski definition) is 6. The van der Waals surface area contributed by atoms with Crippen molar-refractivity contribution in [3.63, 3.8) is 0 Å². The number of aromatic nitrogens is 2. The molecule has 0 amide bonds. The number of imidazole rings is 1. The van der Waals surface area contributed by atoms with E-state index in [1.54, 1.807) is 19.2 Å². The van der Waals surface area contributed by atoms with Crippen LogP contribution in [0.1, 0.15) is 10.5 Å². The molecule has 0 fully saturated rings. The summed E-state index contributed by atoms with van der Waals surface area (Å²) in [5.41, 5.74) is 0.898. The van der Waals surface area contributed by atoms with Crippen LogP contribution in [0.3, 0.4) is 0 Å². The fourth-order valence-electron chi connectivity index (χ4n) is 1.89. The second-order valence-corrected chi connectivity index (χ2v) is 4.04. The van der Waals surface area contributed by atoms with Gasteiger partial charge in [0.15, 0.2) is 11.5 Å². The Hall–Kier alpha value is -2.70. The first-order valence-corrected chi connectivity index (χ1v) is 6.08. The number of H-pyrrole nitrogens is 1. The van der Waals surface area contributed by atoms with Gasteiger partial charge in [0.05, 0.1) is 40.2 Å². The molecule has 7 nitrogen and oxygen atoms in total. The number of esters is 1. The van der Waals surface area contributed by atoms with E-state index >= 15 is 0 Å². The van der Waals surface area contributed by atoms with Crippen molar-refractivity contribution in [3.8, 4) is 28.6 Å². The molecule has 2 rings (SSSR count). The van der Waals surface area contributed by atoms with Gasteiger partial charge in [-0.05, 0) is 6.07 Å². The van der Waals surface area contributed by atoms with Crippen molar-refractivity contribution in [1.82, 2.24) is 9.97 Å². The zero-order chi connectivity index (χ0) is 15.4. The van der Waals surface area contributed by atoms with Crippen LogP contribution in [-0.4, -0.2) is 44.4 Å². The molecule has 21 heavy (non-hydrogen) atoms. The monoisotopic (exact) mass is 292 g/mol. The van der Waals surface area contributed by atoms with Gasteiger partial charge in [-0.3, -0.25) is 0 Å². The standard InChI is InChI=1S/C14H16N2O5/c1-18-10-6-12(20-3)11(19-2)5-8(10)13-15-7-9(16-13)14(17)21-4/h5-7H,1-4H3,(H,15,16). The van der Waals surface area contributed by atoms with Gasteiger partial charge in [0.1, 0.15) is 17.3 Å². The molecule has 112 valence electrons. The molecule has 0 aliphatic rings. The molecule has 7 heteroatoms. The molecule has 1 N–H and O–H groups in total. The summed E-state index contributed by atoms with van der Waals surface area (Å²) < 4.78 is 20.4. The lowest BCUT2D eigenvalue weighted by Gasteiger charge is -2.12. The van der Waals surface area contributed by atoms with Crippen LogP contribution in [0.25, 0.3) is 11.4 Å². The van der Waals surface area contributed by atoms with Crippen molar-refractivity contribution < 1.29 is 23.7 Å². The number of nitrogens with one attached hydrogen (secondary N) is 1. The van der Waals surface area contributed by atoms with Gasteiger partial charge in [-0.15, -0.1) is 0 Å². The van der Waals surface area contributed by atoms with Gasteiger partial charge in [-0.25, -0.2) is 9.78 Å². The third-order valence-corrected chi connectivity index (χ3v) is 2.94. The molecule has 2 aromatic rings. The maximum absolute atomic E-state index is 11.5. The maximum atomic E-state index is 11.5. The molecule has 1 aromatic carbocycles. The van der Waals surface area contributed by atoms with Crippen LogP contribution in [0, 0.1) is 0 Å². The second kappa shape index (κ2) is 6.17. The predicted molar refractivity (Wildman–Crippen MR) is 75.0 cm³/mol. The predicted octanol–water partition coefficient (Wildman–Crippen LogP) is 1.89. The smallest absolute Gasteiger partial charge is 0.356 e. The Bertz CT molecular complexity index is 651. The zero-order valence-corrected chi connectivity index (χ0v) is 12.2. The van der Waals surface area contributed by atoms with Gasteiger partial charge >= 0.3 is 5.97 Å². The van der Waals surface area contributed by atoms with Crippen LogP contribution in [0.2, 0.25) is 0 Å². The first-order valence-electron chi connectivity index (χ1n) is 6.08. The second-order valence-electron chi connectivity index (χ2n) is 4.04. The summed E-state index contributed by atoms with van der Waals surface area (Å²) in [7, 11) is 5.92.